The molecule has 0 aliphatic carbocycles. The average molecular weight is 332 g/mol. The molecule has 6 heteroatoms. The standard InChI is InChI=1S/C17H24N4OS/c1-11(2)9-21-8-5-12(10-21)13-14-16(19-7-6-18-14)23-15(13)17(22)20(3)4/h6-7,11-12H,5,8-10H2,1-4H3/t12-/m0/s1. The molecule has 0 unspecified atom stereocenters. The van der Waals surface area contributed by atoms with Crippen molar-refractivity contribution in [2.24, 2.45) is 5.92 Å². The smallest absolute Gasteiger partial charge is 0.263 e. The monoisotopic (exact) mass is 332 g/mol. The molecule has 1 aliphatic rings. The zero-order valence-corrected chi connectivity index (χ0v) is 15.1. The Morgan fingerprint density at radius 1 is 1.39 bits per heavy atom. The molecule has 0 saturated carbocycles. The molecule has 23 heavy (non-hydrogen) atoms. The lowest BCUT2D eigenvalue weighted by Crippen LogP contribution is -2.25. The molecule has 5 nitrogen and oxygen atoms in total. The van der Waals surface area contributed by atoms with Crippen LogP contribution in [0.1, 0.15) is 41.4 Å². The molecule has 2 aromatic rings. The Balaban J connectivity index is 1.99. The van der Waals surface area contributed by atoms with Gasteiger partial charge in [0.2, 0.25) is 0 Å². The van der Waals surface area contributed by atoms with Crippen molar-refractivity contribution >= 4 is 27.6 Å². The minimum atomic E-state index is 0.0621. The number of hydrogen-bond acceptors (Lipinski definition) is 5. The van der Waals surface area contributed by atoms with Crippen LogP contribution < -0.4 is 0 Å². The summed E-state index contributed by atoms with van der Waals surface area (Å²) in [4.78, 5) is 27.4. The summed E-state index contributed by atoms with van der Waals surface area (Å²) in [5.41, 5.74) is 2.03. The van der Waals surface area contributed by atoms with Crippen molar-refractivity contribution in [3.05, 3.63) is 22.8 Å². The summed E-state index contributed by atoms with van der Waals surface area (Å²) in [7, 11) is 3.61. The van der Waals surface area contributed by atoms with Crippen LogP contribution in [0.25, 0.3) is 10.3 Å². The second kappa shape index (κ2) is 6.53. The number of thiophene rings is 1. The van der Waals surface area contributed by atoms with E-state index < -0.39 is 0 Å². The zero-order chi connectivity index (χ0) is 16.6. The normalized spacial score (nSPS) is 18.9. The van der Waals surface area contributed by atoms with Crippen LogP contribution in [0.5, 0.6) is 0 Å². The van der Waals surface area contributed by atoms with Crippen LogP contribution in [0.15, 0.2) is 12.4 Å². The molecule has 1 amide bonds. The third-order valence-corrected chi connectivity index (χ3v) is 5.36. The third-order valence-electron chi connectivity index (χ3n) is 4.27. The molecule has 3 heterocycles. The molecule has 124 valence electrons. The van der Waals surface area contributed by atoms with Crippen molar-refractivity contribution in [2.75, 3.05) is 33.7 Å². The van der Waals surface area contributed by atoms with Gasteiger partial charge < -0.3 is 9.80 Å². The van der Waals surface area contributed by atoms with E-state index in [1.54, 1.807) is 31.4 Å². The number of amides is 1. The van der Waals surface area contributed by atoms with E-state index in [-0.39, 0.29) is 5.91 Å². The van der Waals surface area contributed by atoms with E-state index in [9.17, 15) is 4.79 Å². The molecule has 0 radical (unpaired) electrons. The number of rotatable bonds is 4. The largest absolute Gasteiger partial charge is 0.344 e. The Morgan fingerprint density at radius 3 is 2.83 bits per heavy atom. The molecule has 1 fully saturated rings. The molecular weight excluding hydrogens is 308 g/mol. The van der Waals surface area contributed by atoms with Gasteiger partial charge in [-0.15, -0.1) is 11.3 Å². The molecular formula is C17H24N4OS. The van der Waals surface area contributed by atoms with Gasteiger partial charge in [0.1, 0.15) is 10.3 Å². The van der Waals surface area contributed by atoms with Gasteiger partial charge >= 0.3 is 0 Å². The van der Waals surface area contributed by atoms with Gasteiger partial charge in [0.25, 0.3) is 5.91 Å². The average Bonchev–Trinajstić information content (AvgIpc) is 3.09. The number of nitrogens with zero attached hydrogens (tertiary/aromatic N) is 4. The van der Waals surface area contributed by atoms with E-state index in [0.717, 1.165) is 46.8 Å². The number of carbonyl (C=O) groups is 1. The van der Waals surface area contributed by atoms with Gasteiger partial charge in [-0.3, -0.25) is 9.78 Å². The van der Waals surface area contributed by atoms with Gasteiger partial charge in [-0.05, 0) is 18.9 Å². The summed E-state index contributed by atoms with van der Waals surface area (Å²) < 4.78 is 0. The maximum absolute atomic E-state index is 12.6. The maximum atomic E-state index is 12.6. The number of aromatic nitrogens is 2. The summed E-state index contributed by atoms with van der Waals surface area (Å²) in [6.07, 6.45) is 4.51. The lowest BCUT2D eigenvalue weighted by Gasteiger charge is -2.19. The highest BCUT2D eigenvalue weighted by Gasteiger charge is 2.32. The van der Waals surface area contributed by atoms with Crippen LogP contribution in [-0.4, -0.2) is 59.4 Å². The van der Waals surface area contributed by atoms with E-state index in [4.69, 9.17) is 0 Å². The first-order valence-corrected chi connectivity index (χ1v) is 8.96. The van der Waals surface area contributed by atoms with Gasteiger partial charge in [0.15, 0.2) is 0 Å². The molecule has 0 spiro atoms. The predicted octanol–water partition coefficient (Wildman–Crippen LogP) is 2.84. The molecule has 0 bridgehead atoms. The number of likely N-dealkylation sites (tertiary alicyclic amines) is 1. The van der Waals surface area contributed by atoms with Crippen LogP contribution in [0, 0.1) is 5.92 Å². The summed E-state index contributed by atoms with van der Waals surface area (Å²) in [5.74, 6) is 1.10. The second-order valence-electron chi connectivity index (χ2n) is 6.89. The number of carbonyl (C=O) groups excluding carboxylic acids is 1. The fraction of sp³-hybridized carbons (Fsp3) is 0.588. The highest BCUT2D eigenvalue weighted by Crippen LogP contribution is 2.38. The summed E-state index contributed by atoms with van der Waals surface area (Å²) in [5, 5.41) is 0. The minimum Gasteiger partial charge on any atom is -0.344 e. The van der Waals surface area contributed by atoms with Crippen LogP contribution in [-0.2, 0) is 0 Å². The van der Waals surface area contributed by atoms with Gasteiger partial charge in [0, 0.05) is 51.1 Å². The first-order valence-electron chi connectivity index (χ1n) is 8.14. The Labute approximate surface area is 141 Å². The van der Waals surface area contributed by atoms with Crippen LogP contribution in [0.2, 0.25) is 0 Å². The first-order chi connectivity index (χ1) is 11.0. The van der Waals surface area contributed by atoms with E-state index in [1.165, 1.54) is 11.3 Å². The SMILES string of the molecule is CC(C)CN1CC[C@H](c2c(C(=O)N(C)C)sc3nccnc23)C1. The maximum Gasteiger partial charge on any atom is 0.263 e. The number of fused-ring (bicyclic) bond motifs is 1. The van der Waals surface area contributed by atoms with Gasteiger partial charge in [-0.2, -0.15) is 0 Å². The fourth-order valence-corrected chi connectivity index (χ4v) is 4.54. The van der Waals surface area contributed by atoms with E-state index in [1.807, 2.05) is 0 Å². The quantitative estimate of drug-likeness (QED) is 0.864. The number of hydrogen-bond donors (Lipinski definition) is 0. The van der Waals surface area contributed by atoms with Crippen molar-refractivity contribution < 1.29 is 4.79 Å². The lowest BCUT2D eigenvalue weighted by atomic mass is 9.97. The van der Waals surface area contributed by atoms with E-state index in [2.05, 4.69) is 28.7 Å². The molecule has 1 aliphatic heterocycles. The van der Waals surface area contributed by atoms with Gasteiger partial charge in [-0.25, -0.2) is 4.98 Å². The first kappa shape index (κ1) is 16.3. The molecule has 0 N–H and O–H groups in total. The predicted molar refractivity (Wildman–Crippen MR) is 94.1 cm³/mol. The van der Waals surface area contributed by atoms with Crippen LogP contribution >= 0.6 is 11.3 Å². The Kier molecular flexibility index (Phi) is 4.64. The van der Waals surface area contributed by atoms with Crippen molar-refractivity contribution in [3.8, 4) is 0 Å². The topological polar surface area (TPSA) is 49.3 Å². The fourth-order valence-electron chi connectivity index (χ4n) is 3.34. The summed E-state index contributed by atoms with van der Waals surface area (Å²) in [6, 6.07) is 0. The Hall–Kier alpha value is -1.53. The van der Waals surface area contributed by atoms with Crippen molar-refractivity contribution in [1.29, 1.82) is 0 Å². The molecule has 0 aromatic carbocycles. The van der Waals surface area contributed by atoms with Gasteiger partial charge in [0.05, 0.1) is 4.88 Å². The van der Waals surface area contributed by atoms with Crippen molar-refractivity contribution in [1.82, 2.24) is 19.8 Å². The Bertz CT molecular complexity index is 710. The molecule has 3 rings (SSSR count). The lowest BCUT2D eigenvalue weighted by molar-refractivity contribution is 0.0831. The van der Waals surface area contributed by atoms with E-state index >= 15 is 0 Å². The summed E-state index contributed by atoms with van der Waals surface area (Å²) >= 11 is 1.48. The zero-order valence-electron chi connectivity index (χ0n) is 14.2. The molecule has 2 aromatic heterocycles. The summed E-state index contributed by atoms with van der Waals surface area (Å²) in [6.45, 7) is 7.71. The van der Waals surface area contributed by atoms with Gasteiger partial charge in [-0.1, -0.05) is 13.8 Å². The minimum absolute atomic E-state index is 0.0621. The van der Waals surface area contributed by atoms with E-state index in [0.29, 0.717) is 11.8 Å². The van der Waals surface area contributed by atoms with Crippen LogP contribution in [0.3, 0.4) is 0 Å². The second-order valence-corrected chi connectivity index (χ2v) is 7.89. The highest BCUT2D eigenvalue weighted by atomic mass is 32.1. The highest BCUT2D eigenvalue weighted by molar-refractivity contribution is 7.20. The van der Waals surface area contributed by atoms with Crippen molar-refractivity contribution in [2.45, 2.75) is 26.2 Å². The molecule has 1 saturated heterocycles. The molecule has 1 atom stereocenters. The Morgan fingerprint density at radius 2 is 2.13 bits per heavy atom. The van der Waals surface area contributed by atoms with Crippen LogP contribution in [0.4, 0.5) is 0 Å². The third kappa shape index (κ3) is 3.23. The van der Waals surface area contributed by atoms with Crippen molar-refractivity contribution in [3.63, 3.8) is 0 Å².